The lowest BCUT2D eigenvalue weighted by molar-refractivity contribution is -0.0123. The van der Waals surface area contributed by atoms with Crippen molar-refractivity contribution in [2.45, 2.75) is 31.5 Å². The van der Waals surface area contributed by atoms with Gasteiger partial charge in [-0.25, -0.2) is 4.68 Å². The molecule has 2 aromatic rings. The number of benzene rings is 1. The third-order valence-corrected chi connectivity index (χ3v) is 5.39. The Morgan fingerprint density at radius 1 is 1.21 bits per heavy atom. The molecule has 0 spiro atoms. The molecule has 9 heteroatoms. The van der Waals surface area contributed by atoms with E-state index in [1.54, 1.807) is 12.0 Å². The minimum absolute atomic E-state index is 0.118. The van der Waals surface area contributed by atoms with Crippen LogP contribution in [-0.2, 0) is 16.0 Å². The molecule has 1 fully saturated rings. The van der Waals surface area contributed by atoms with Crippen LogP contribution in [0.1, 0.15) is 45.4 Å². The normalized spacial score (nSPS) is 19.7. The lowest BCUT2D eigenvalue weighted by Gasteiger charge is -2.31. The number of aromatic nitrogens is 3. The van der Waals surface area contributed by atoms with Crippen molar-refractivity contribution in [2.24, 2.45) is 0 Å². The van der Waals surface area contributed by atoms with E-state index in [2.05, 4.69) is 15.6 Å². The standard InChI is InChI=1S/C20H25N5O4/c1-28-11-12-29-15-7-9-24(10-8-15)20(27)17-18-19(26)21-16(13-25(18)23-22-17)14-5-3-2-4-6-14/h2-6,15-16H,7-13H2,1H3,(H,21,26)/t16-/m1/s1. The highest BCUT2D eigenvalue weighted by Crippen LogP contribution is 2.23. The molecule has 1 saturated heterocycles. The Hall–Kier alpha value is -2.78. The van der Waals surface area contributed by atoms with E-state index in [4.69, 9.17) is 9.47 Å². The summed E-state index contributed by atoms with van der Waals surface area (Å²) in [5.74, 6) is -0.578. The van der Waals surface area contributed by atoms with E-state index in [9.17, 15) is 9.59 Å². The van der Waals surface area contributed by atoms with E-state index < -0.39 is 0 Å². The SMILES string of the molecule is COCCOC1CCN(C(=O)c2nnn3c2C(=O)N[C@@H](c2ccccc2)C3)CC1. The molecule has 29 heavy (non-hydrogen) atoms. The Labute approximate surface area is 169 Å². The molecule has 0 radical (unpaired) electrons. The maximum Gasteiger partial charge on any atom is 0.276 e. The van der Waals surface area contributed by atoms with Crippen LogP contribution >= 0.6 is 0 Å². The molecule has 0 saturated carbocycles. The number of likely N-dealkylation sites (tertiary alicyclic amines) is 1. The Morgan fingerprint density at radius 2 is 1.97 bits per heavy atom. The summed E-state index contributed by atoms with van der Waals surface area (Å²) in [6, 6.07) is 9.50. The molecule has 2 aliphatic rings. The fourth-order valence-electron chi connectivity index (χ4n) is 3.80. The van der Waals surface area contributed by atoms with Crippen LogP contribution in [0.4, 0.5) is 0 Å². The average Bonchev–Trinajstić information content (AvgIpc) is 3.19. The second-order valence-electron chi connectivity index (χ2n) is 7.26. The third-order valence-electron chi connectivity index (χ3n) is 5.39. The van der Waals surface area contributed by atoms with Crippen LogP contribution < -0.4 is 5.32 Å². The van der Waals surface area contributed by atoms with Crippen molar-refractivity contribution in [2.75, 3.05) is 33.4 Å². The summed E-state index contributed by atoms with van der Waals surface area (Å²) in [6.07, 6.45) is 1.63. The number of carbonyl (C=O) groups excluding carboxylic acids is 2. The third kappa shape index (κ3) is 4.15. The molecule has 1 N–H and O–H groups in total. The van der Waals surface area contributed by atoms with E-state index in [0.29, 0.717) is 32.8 Å². The summed E-state index contributed by atoms with van der Waals surface area (Å²) in [7, 11) is 1.64. The Bertz CT molecular complexity index is 861. The fourth-order valence-corrected chi connectivity index (χ4v) is 3.80. The van der Waals surface area contributed by atoms with Gasteiger partial charge in [0.1, 0.15) is 0 Å². The second-order valence-corrected chi connectivity index (χ2v) is 7.26. The molecular formula is C20H25N5O4. The molecule has 4 rings (SSSR count). The van der Waals surface area contributed by atoms with Crippen LogP contribution in [0.5, 0.6) is 0 Å². The molecular weight excluding hydrogens is 374 g/mol. The summed E-state index contributed by atoms with van der Waals surface area (Å²) < 4.78 is 12.3. The van der Waals surface area contributed by atoms with Crippen LogP contribution in [0, 0.1) is 0 Å². The zero-order valence-corrected chi connectivity index (χ0v) is 16.4. The first-order chi connectivity index (χ1) is 14.2. The van der Waals surface area contributed by atoms with Crippen molar-refractivity contribution >= 4 is 11.8 Å². The van der Waals surface area contributed by atoms with Gasteiger partial charge in [-0.3, -0.25) is 9.59 Å². The molecule has 1 aromatic carbocycles. The number of carbonyl (C=O) groups is 2. The number of hydrogen-bond acceptors (Lipinski definition) is 6. The van der Waals surface area contributed by atoms with Crippen LogP contribution in [0.2, 0.25) is 0 Å². The lowest BCUT2D eigenvalue weighted by Crippen LogP contribution is -2.43. The van der Waals surface area contributed by atoms with E-state index in [1.165, 1.54) is 4.68 Å². The Morgan fingerprint density at radius 3 is 2.69 bits per heavy atom. The zero-order valence-electron chi connectivity index (χ0n) is 16.4. The van der Waals surface area contributed by atoms with Gasteiger partial charge in [0.25, 0.3) is 11.8 Å². The molecule has 2 amide bonds. The molecule has 1 aromatic heterocycles. The summed E-state index contributed by atoms with van der Waals surface area (Å²) in [4.78, 5) is 27.4. The maximum atomic E-state index is 13.0. The molecule has 0 unspecified atom stereocenters. The van der Waals surface area contributed by atoms with Crippen LogP contribution in [0.15, 0.2) is 30.3 Å². The highest BCUT2D eigenvalue weighted by molar-refractivity contribution is 6.05. The summed E-state index contributed by atoms with van der Waals surface area (Å²) >= 11 is 0. The number of hydrogen-bond donors (Lipinski definition) is 1. The largest absolute Gasteiger partial charge is 0.382 e. The van der Waals surface area contributed by atoms with Crippen molar-refractivity contribution in [3.63, 3.8) is 0 Å². The number of amides is 2. The number of ether oxygens (including phenoxy) is 2. The molecule has 3 heterocycles. The molecule has 9 nitrogen and oxygen atoms in total. The highest BCUT2D eigenvalue weighted by atomic mass is 16.5. The maximum absolute atomic E-state index is 13.0. The van der Waals surface area contributed by atoms with Gasteiger partial charge in [-0.2, -0.15) is 0 Å². The van der Waals surface area contributed by atoms with Crippen molar-refractivity contribution < 1.29 is 19.1 Å². The first kappa shape index (κ1) is 19.5. The van der Waals surface area contributed by atoms with Gasteiger partial charge in [-0.05, 0) is 18.4 Å². The monoisotopic (exact) mass is 399 g/mol. The van der Waals surface area contributed by atoms with Crippen molar-refractivity contribution in [1.82, 2.24) is 25.2 Å². The average molecular weight is 399 g/mol. The quantitative estimate of drug-likeness (QED) is 0.729. The smallest absolute Gasteiger partial charge is 0.276 e. The molecule has 154 valence electrons. The van der Waals surface area contributed by atoms with Gasteiger partial charge < -0.3 is 19.7 Å². The van der Waals surface area contributed by atoms with Gasteiger partial charge in [0.05, 0.1) is 31.9 Å². The second kappa shape index (κ2) is 8.71. The number of nitrogens with one attached hydrogen (secondary N) is 1. The molecule has 1 atom stereocenters. The fraction of sp³-hybridized carbons (Fsp3) is 0.500. The van der Waals surface area contributed by atoms with E-state index in [0.717, 1.165) is 18.4 Å². The van der Waals surface area contributed by atoms with Gasteiger partial charge >= 0.3 is 0 Å². The summed E-state index contributed by atoms with van der Waals surface area (Å²) in [5, 5.41) is 11.1. The predicted molar refractivity (Wildman–Crippen MR) is 103 cm³/mol. The van der Waals surface area contributed by atoms with Crippen LogP contribution in [0.3, 0.4) is 0 Å². The Kier molecular flexibility index (Phi) is 5.86. The summed E-state index contributed by atoms with van der Waals surface area (Å²) in [6.45, 7) is 2.69. The highest BCUT2D eigenvalue weighted by Gasteiger charge is 2.35. The van der Waals surface area contributed by atoms with E-state index in [-0.39, 0.29) is 35.3 Å². The number of piperidine rings is 1. The molecule has 2 aliphatic heterocycles. The minimum Gasteiger partial charge on any atom is -0.382 e. The van der Waals surface area contributed by atoms with Crippen molar-refractivity contribution in [3.05, 3.63) is 47.3 Å². The first-order valence-corrected chi connectivity index (χ1v) is 9.86. The van der Waals surface area contributed by atoms with Gasteiger partial charge in [0.15, 0.2) is 11.4 Å². The minimum atomic E-state index is -0.323. The van der Waals surface area contributed by atoms with Gasteiger partial charge in [0, 0.05) is 20.2 Å². The zero-order chi connectivity index (χ0) is 20.2. The van der Waals surface area contributed by atoms with E-state index in [1.807, 2.05) is 30.3 Å². The number of fused-ring (bicyclic) bond motifs is 1. The number of methoxy groups -OCH3 is 1. The first-order valence-electron chi connectivity index (χ1n) is 9.86. The molecule has 0 bridgehead atoms. The van der Waals surface area contributed by atoms with Crippen molar-refractivity contribution in [1.29, 1.82) is 0 Å². The Balaban J connectivity index is 1.42. The summed E-state index contributed by atoms with van der Waals surface area (Å²) in [5.41, 5.74) is 1.35. The topological polar surface area (TPSA) is 98.6 Å². The number of rotatable bonds is 6. The van der Waals surface area contributed by atoms with Crippen molar-refractivity contribution in [3.8, 4) is 0 Å². The number of nitrogens with zero attached hydrogens (tertiary/aromatic N) is 4. The van der Waals surface area contributed by atoms with Crippen LogP contribution in [-0.4, -0.2) is 71.2 Å². The van der Waals surface area contributed by atoms with Gasteiger partial charge in [-0.1, -0.05) is 35.5 Å². The van der Waals surface area contributed by atoms with E-state index >= 15 is 0 Å². The van der Waals surface area contributed by atoms with Crippen LogP contribution in [0.25, 0.3) is 0 Å². The molecule has 0 aliphatic carbocycles. The predicted octanol–water partition coefficient (Wildman–Crippen LogP) is 1.03. The van der Waals surface area contributed by atoms with Gasteiger partial charge in [0.2, 0.25) is 0 Å². The van der Waals surface area contributed by atoms with Gasteiger partial charge in [-0.15, -0.1) is 5.10 Å². The lowest BCUT2D eigenvalue weighted by atomic mass is 10.0.